The third kappa shape index (κ3) is 4.89. The molecule has 1 fully saturated rings. The van der Waals surface area contributed by atoms with Crippen molar-refractivity contribution in [3.05, 3.63) is 59.7 Å². The van der Waals surface area contributed by atoms with E-state index in [9.17, 15) is 9.90 Å². The van der Waals surface area contributed by atoms with Crippen molar-refractivity contribution in [2.75, 3.05) is 40.5 Å². The van der Waals surface area contributed by atoms with Gasteiger partial charge in [0.1, 0.15) is 18.1 Å². The van der Waals surface area contributed by atoms with Gasteiger partial charge in [0.05, 0.1) is 14.2 Å². The molecule has 0 bridgehead atoms. The summed E-state index contributed by atoms with van der Waals surface area (Å²) in [6.45, 7) is 2.97. The number of likely N-dealkylation sites (tertiary alicyclic amines) is 1. The number of methoxy groups -OCH3 is 2. The van der Waals surface area contributed by atoms with Crippen molar-refractivity contribution in [1.82, 2.24) is 4.90 Å². The largest absolute Gasteiger partial charge is 0.497 e. The Balaban J connectivity index is 1.81. The molecule has 1 N–H and O–H groups in total. The standard InChI is InChI=1S/C23H29NO5/c1-27-20-10-6-18(7-11-20)23(26,19-8-12-21(28-2)13-9-19)22(25)29-17-16-24-14-4-3-5-15-24/h6-13,26H,3-5,14-17H2,1-2H3. The maximum absolute atomic E-state index is 13.1. The molecule has 1 aliphatic heterocycles. The van der Waals surface area contributed by atoms with Crippen LogP contribution in [0.15, 0.2) is 48.5 Å². The van der Waals surface area contributed by atoms with Crippen molar-refractivity contribution in [2.45, 2.75) is 24.9 Å². The molecule has 0 amide bonds. The molecule has 0 radical (unpaired) electrons. The minimum absolute atomic E-state index is 0.244. The second kappa shape index (κ2) is 9.76. The van der Waals surface area contributed by atoms with Crippen LogP contribution in [-0.2, 0) is 15.1 Å². The smallest absolute Gasteiger partial charge is 0.347 e. The average Bonchev–Trinajstić information content (AvgIpc) is 2.79. The maximum Gasteiger partial charge on any atom is 0.347 e. The van der Waals surface area contributed by atoms with Gasteiger partial charge >= 0.3 is 5.97 Å². The lowest BCUT2D eigenvalue weighted by Gasteiger charge is -2.29. The topological polar surface area (TPSA) is 68.2 Å². The normalized spacial score (nSPS) is 15.0. The number of nitrogens with zero attached hydrogens (tertiary/aromatic N) is 1. The van der Waals surface area contributed by atoms with Crippen LogP contribution in [0.5, 0.6) is 11.5 Å². The quantitative estimate of drug-likeness (QED) is 0.689. The molecule has 29 heavy (non-hydrogen) atoms. The lowest BCUT2D eigenvalue weighted by atomic mass is 9.86. The average molecular weight is 399 g/mol. The maximum atomic E-state index is 13.1. The summed E-state index contributed by atoms with van der Waals surface area (Å²) < 4.78 is 15.9. The molecule has 0 aromatic heterocycles. The Morgan fingerprint density at radius 3 is 1.83 bits per heavy atom. The number of carbonyl (C=O) groups excluding carboxylic acids is 1. The highest BCUT2D eigenvalue weighted by atomic mass is 16.5. The van der Waals surface area contributed by atoms with Crippen LogP contribution in [-0.4, -0.2) is 56.4 Å². The summed E-state index contributed by atoms with van der Waals surface area (Å²) >= 11 is 0. The fraction of sp³-hybridized carbons (Fsp3) is 0.435. The monoisotopic (exact) mass is 399 g/mol. The second-order valence-corrected chi connectivity index (χ2v) is 7.21. The first-order valence-corrected chi connectivity index (χ1v) is 9.99. The molecule has 0 atom stereocenters. The third-order valence-electron chi connectivity index (χ3n) is 5.40. The van der Waals surface area contributed by atoms with Gasteiger partial charge in [-0.15, -0.1) is 0 Å². The van der Waals surface area contributed by atoms with Gasteiger partial charge in [-0.1, -0.05) is 30.7 Å². The molecule has 1 saturated heterocycles. The van der Waals surface area contributed by atoms with E-state index in [1.807, 2.05) is 0 Å². The highest BCUT2D eigenvalue weighted by Crippen LogP contribution is 2.33. The first kappa shape index (κ1) is 21.1. The van der Waals surface area contributed by atoms with Crippen molar-refractivity contribution in [1.29, 1.82) is 0 Å². The molecule has 3 rings (SSSR count). The van der Waals surface area contributed by atoms with E-state index >= 15 is 0 Å². The van der Waals surface area contributed by atoms with Crippen molar-refractivity contribution < 1.29 is 24.1 Å². The fourth-order valence-electron chi connectivity index (χ4n) is 3.62. The number of piperidine rings is 1. The molecule has 1 aliphatic rings. The SMILES string of the molecule is COc1ccc(C(O)(C(=O)OCCN2CCCCC2)c2ccc(OC)cc2)cc1. The molecule has 156 valence electrons. The number of benzene rings is 2. The summed E-state index contributed by atoms with van der Waals surface area (Å²) in [5.74, 6) is 0.596. The Kier molecular flexibility index (Phi) is 7.12. The highest BCUT2D eigenvalue weighted by molar-refractivity contribution is 5.85. The third-order valence-corrected chi connectivity index (χ3v) is 5.40. The molecular weight excluding hydrogens is 370 g/mol. The number of rotatable bonds is 8. The first-order chi connectivity index (χ1) is 14.1. The molecule has 6 nitrogen and oxygen atoms in total. The molecule has 0 saturated carbocycles. The number of hydrogen-bond donors (Lipinski definition) is 1. The van der Waals surface area contributed by atoms with Crippen LogP contribution in [0.25, 0.3) is 0 Å². The van der Waals surface area contributed by atoms with Gasteiger partial charge in [-0.05, 0) is 61.3 Å². The van der Waals surface area contributed by atoms with Crippen LogP contribution in [0.4, 0.5) is 0 Å². The van der Waals surface area contributed by atoms with Crippen LogP contribution < -0.4 is 9.47 Å². The Morgan fingerprint density at radius 2 is 1.38 bits per heavy atom. The summed E-state index contributed by atoms with van der Waals surface area (Å²) in [5.41, 5.74) is -1.07. The molecule has 1 heterocycles. The minimum atomic E-state index is -1.92. The minimum Gasteiger partial charge on any atom is -0.497 e. The lowest BCUT2D eigenvalue weighted by Crippen LogP contribution is -2.40. The number of aliphatic hydroxyl groups is 1. The second-order valence-electron chi connectivity index (χ2n) is 7.21. The van der Waals surface area contributed by atoms with Crippen LogP contribution in [0.2, 0.25) is 0 Å². The number of carbonyl (C=O) groups is 1. The van der Waals surface area contributed by atoms with E-state index in [0.29, 0.717) is 29.2 Å². The van der Waals surface area contributed by atoms with Crippen LogP contribution in [0.1, 0.15) is 30.4 Å². The number of hydrogen-bond acceptors (Lipinski definition) is 6. The Morgan fingerprint density at radius 1 is 0.897 bits per heavy atom. The Bertz CT molecular complexity index is 734. The molecule has 2 aromatic rings. The van der Waals surface area contributed by atoms with E-state index in [1.54, 1.807) is 62.8 Å². The van der Waals surface area contributed by atoms with Crippen molar-refractivity contribution >= 4 is 5.97 Å². The van der Waals surface area contributed by atoms with Crippen LogP contribution in [0, 0.1) is 0 Å². The van der Waals surface area contributed by atoms with Crippen LogP contribution in [0.3, 0.4) is 0 Å². The predicted molar refractivity (Wildman–Crippen MR) is 110 cm³/mol. The van der Waals surface area contributed by atoms with E-state index < -0.39 is 11.6 Å². The van der Waals surface area contributed by atoms with Gasteiger partial charge in [-0.3, -0.25) is 4.90 Å². The van der Waals surface area contributed by atoms with Gasteiger partial charge in [0.15, 0.2) is 0 Å². The lowest BCUT2D eigenvalue weighted by molar-refractivity contribution is -0.162. The van der Waals surface area contributed by atoms with Gasteiger partial charge in [0.2, 0.25) is 5.60 Å². The molecule has 0 spiro atoms. The van der Waals surface area contributed by atoms with Crippen LogP contribution >= 0.6 is 0 Å². The summed E-state index contributed by atoms with van der Waals surface area (Å²) in [5, 5.41) is 11.5. The van der Waals surface area contributed by atoms with Crippen molar-refractivity contribution in [3.63, 3.8) is 0 Å². The van der Waals surface area contributed by atoms with Crippen molar-refractivity contribution in [2.24, 2.45) is 0 Å². The van der Waals surface area contributed by atoms with E-state index in [4.69, 9.17) is 14.2 Å². The zero-order chi connectivity index (χ0) is 20.7. The number of esters is 1. The molecule has 0 unspecified atom stereocenters. The van der Waals surface area contributed by atoms with E-state index in [0.717, 1.165) is 13.1 Å². The molecule has 6 heteroatoms. The summed E-state index contributed by atoms with van der Waals surface area (Å²) in [6.07, 6.45) is 3.61. The van der Waals surface area contributed by atoms with Crippen molar-refractivity contribution in [3.8, 4) is 11.5 Å². The zero-order valence-electron chi connectivity index (χ0n) is 17.1. The fourth-order valence-corrected chi connectivity index (χ4v) is 3.62. The first-order valence-electron chi connectivity index (χ1n) is 9.99. The molecular formula is C23H29NO5. The molecule has 0 aliphatic carbocycles. The van der Waals surface area contributed by atoms with E-state index in [-0.39, 0.29) is 6.61 Å². The van der Waals surface area contributed by atoms with E-state index in [2.05, 4.69) is 4.90 Å². The Hall–Kier alpha value is -2.57. The van der Waals surface area contributed by atoms with Gasteiger partial charge in [0, 0.05) is 6.54 Å². The molecule has 2 aromatic carbocycles. The number of ether oxygens (including phenoxy) is 3. The summed E-state index contributed by atoms with van der Waals surface area (Å²) in [4.78, 5) is 15.4. The summed E-state index contributed by atoms with van der Waals surface area (Å²) in [6, 6.07) is 13.6. The highest BCUT2D eigenvalue weighted by Gasteiger charge is 2.42. The van der Waals surface area contributed by atoms with Gasteiger partial charge in [-0.25, -0.2) is 4.79 Å². The Labute approximate surface area is 172 Å². The van der Waals surface area contributed by atoms with Gasteiger partial charge in [-0.2, -0.15) is 0 Å². The van der Waals surface area contributed by atoms with E-state index in [1.165, 1.54) is 19.3 Å². The van der Waals surface area contributed by atoms with Gasteiger partial charge < -0.3 is 19.3 Å². The van der Waals surface area contributed by atoms with Gasteiger partial charge in [0.25, 0.3) is 0 Å². The summed E-state index contributed by atoms with van der Waals surface area (Å²) in [7, 11) is 3.14. The predicted octanol–water partition coefficient (Wildman–Crippen LogP) is 2.97. The zero-order valence-corrected chi connectivity index (χ0v) is 17.1.